The van der Waals surface area contributed by atoms with Gasteiger partial charge in [0.05, 0.1) is 19.3 Å². The molecular weight excluding hydrogens is 376 g/mol. The Balaban J connectivity index is 1.71. The second-order valence-corrected chi connectivity index (χ2v) is 8.49. The molecular formula is C25H34N2O3. The Morgan fingerprint density at radius 2 is 1.80 bits per heavy atom. The lowest BCUT2D eigenvalue weighted by Gasteiger charge is -2.28. The maximum atomic E-state index is 13.2. The number of rotatable bonds is 8. The molecule has 0 fully saturated rings. The molecule has 5 heteroatoms. The molecule has 1 unspecified atom stereocenters. The van der Waals surface area contributed by atoms with Gasteiger partial charge in [-0.2, -0.15) is 0 Å². The van der Waals surface area contributed by atoms with Crippen molar-refractivity contribution in [2.24, 2.45) is 5.92 Å². The monoisotopic (exact) mass is 410 g/mol. The Hall–Kier alpha value is -2.53. The van der Waals surface area contributed by atoms with E-state index in [0.717, 1.165) is 29.0 Å². The van der Waals surface area contributed by atoms with Crippen LogP contribution in [-0.2, 0) is 17.9 Å². The summed E-state index contributed by atoms with van der Waals surface area (Å²) < 4.78 is 11.7. The summed E-state index contributed by atoms with van der Waals surface area (Å²) in [6.45, 7) is 11.5. The Kier molecular flexibility index (Phi) is 7.75. The molecule has 3 rings (SSSR count). The van der Waals surface area contributed by atoms with Gasteiger partial charge in [-0.25, -0.2) is 0 Å². The van der Waals surface area contributed by atoms with Gasteiger partial charge in [0, 0.05) is 26.1 Å². The number of nitrogens with one attached hydrogen (secondary N) is 1. The molecule has 1 N–H and O–H groups in total. The van der Waals surface area contributed by atoms with Gasteiger partial charge in [-0.3, -0.25) is 4.79 Å². The zero-order chi connectivity index (χ0) is 21.5. The summed E-state index contributed by atoms with van der Waals surface area (Å²) in [4.78, 5) is 15.2. The predicted octanol–water partition coefficient (Wildman–Crippen LogP) is 4.32. The van der Waals surface area contributed by atoms with E-state index in [9.17, 15) is 4.79 Å². The highest BCUT2D eigenvalue weighted by Gasteiger charge is 2.23. The van der Waals surface area contributed by atoms with Crippen molar-refractivity contribution in [1.29, 1.82) is 0 Å². The lowest BCUT2D eigenvalue weighted by atomic mass is 10.1. The summed E-state index contributed by atoms with van der Waals surface area (Å²) >= 11 is 0. The molecule has 0 saturated heterocycles. The number of amides is 1. The topological polar surface area (TPSA) is 50.8 Å². The van der Waals surface area contributed by atoms with Gasteiger partial charge in [-0.15, -0.1) is 0 Å². The molecule has 2 aromatic carbocycles. The highest BCUT2D eigenvalue weighted by Crippen LogP contribution is 2.34. The molecule has 1 aliphatic rings. The van der Waals surface area contributed by atoms with E-state index in [2.05, 4.69) is 37.4 Å². The normalized spacial score (nSPS) is 14.3. The first kappa shape index (κ1) is 22.2. The Bertz CT molecular complexity index is 836. The number of fused-ring (bicyclic) bond motifs is 1. The van der Waals surface area contributed by atoms with Gasteiger partial charge in [0.15, 0.2) is 11.5 Å². The van der Waals surface area contributed by atoms with Gasteiger partial charge in [-0.1, -0.05) is 50.2 Å². The molecule has 2 aromatic rings. The van der Waals surface area contributed by atoms with E-state index in [4.69, 9.17) is 9.47 Å². The molecule has 0 radical (unpaired) electrons. The number of carbonyl (C=O) groups is 1. The smallest absolute Gasteiger partial charge is 0.239 e. The van der Waals surface area contributed by atoms with E-state index in [0.29, 0.717) is 38.8 Å². The molecule has 0 aliphatic carbocycles. The molecule has 1 aliphatic heterocycles. The van der Waals surface area contributed by atoms with Crippen molar-refractivity contribution in [3.63, 3.8) is 0 Å². The molecule has 30 heavy (non-hydrogen) atoms. The maximum absolute atomic E-state index is 13.2. The molecule has 162 valence electrons. The molecule has 0 aromatic heterocycles. The Morgan fingerprint density at radius 3 is 2.53 bits per heavy atom. The van der Waals surface area contributed by atoms with Crippen molar-refractivity contribution < 1.29 is 14.3 Å². The van der Waals surface area contributed by atoms with Gasteiger partial charge in [0.2, 0.25) is 5.91 Å². The molecule has 1 atom stereocenters. The number of ether oxygens (including phenoxy) is 2. The van der Waals surface area contributed by atoms with Crippen LogP contribution in [-0.4, -0.2) is 36.6 Å². The fraction of sp³-hybridized carbons (Fsp3) is 0.480. The average molecular weight is 411 g/mol. The molecule has 0 saturated carbocycles. The Morgan fingerprint density at radius 1 is 1.07 bits per heavy atom. The van der Waals surface area contributed by atoms with E-state index < -0.39 is 0 Å². The van der Waals surface area contributed by atoms with Crippen LogP contribution in [0.2, 0.25) is 0 Å². The minimum absolute atomic E-state index is 0.115. The van der Waals surface area contributed by atoms with Crippen molar-refractivity contribution in [2.75, 3.05) is 19.8 Å². The van der Waals surface area contributed by atoms with Crippen LogP contribution in [0, 0.1) is 12.8 Å². The average Bonchev–Trinajstić information content (AvgIpc) is 2.97. The lowest BCUT2D eigenvalue weighted by Crippen LogP contribution is -2.45. The maximum Gasteiger partial charge on any atom is 0.239 e. The highest BCUT2D eigenvalue weighted by atomic mass is 16.5. The van der Waals surface area contributed by atoms with Crippen molar-refractivity contribution in [3.05, 3.63) is 59.2 Å². The van der Waals surface area contributed by atoms with Gasteiger partial charge in [-0.05, 0) is 42.5 Å². The van der Waals surface area contributed by atoms with Gasteiger partial charge >= 0.3 is 0 Å². The number of aryl methyl sites for hydroxylation is 1. The molecule has 1 amide bonds. The van der Waals surface area contributed by atoms with Crippen LogP contribution in [0.5, 0.6) is 11.5 Å². The summed E-state index contributed by atoms with van der Waals surface area (Å²) in [5, 5.41) is 3.37. The summed E-state index contributed by atoms with van der Waals surface area (Å²) in [6, 6.07) is 14.0. The fourth-order valence-corrected chi connectivity index (χ4v) is 3.73. The van der Waals surface area contributed by atoms with Crippen LogP contribution in [0.25, 0.3) is 0 Å². The second kappa shape index (κ2) is 10.5. The first-order valence-corrected chi connectivity index (χ1v) is 10.9. The third-order valence-corrected chi connectivity index (χ3v) is 5.19. The van der Waals surface area contributed by atoms with Crippen LogP contribution in [0.4, 0.5) is 0 Å². The van der Waals surface area contributed by atoms with Gasteiger partial charge in [0.1, 0.15) is 0 Å². The van der Waals surface area contributed by atoms with Crippen LogP contribution >= 0.6 is 0 Å². The SMILES string of the molecule is Cc1cc(CN(CC(C)C)C(=O)C(C)NCc2ccccc2)cc2c1OCCCO2. The molecule has 5 nitrogen and oxygen atoms in total. The van der Waals surface area contributed by atoms with E-state index in [-0.39, 0.29) is 11.9 Å². The third-order valence-electron chi connectivity index (χ3n) is 5.19. The standard InChI is InChI=1S/C25H34N2O3/c1-18(2)16-27(25(28)20(4)26-15-21-9-6-5-7-10-21)17-22-13-19(3)24-23(14-22)29-11-8-12-30-24/h5-7,9-10,13-14,18,20,26H,8,11-12,15-17H2,1-4H3. The number of nitrogens with zero attached hydrogens (tertiary/aromatic N) is 1. The van der Waals surface area contributed by atoms with E-state index >= 15 is 0 Å². The Labute approximate surface area is 180 Å². The summed E-state index contributed by atoms with van der Waals surface area (Å²) in [5.41, 5.74) is 3.30. The van der Waals surface area contributed by atoms with Crippen molar-refractivity contribution in [1.82, 2.24) is 10.2 Å². The number of hydrogen-bond donors (Lipinski definition) is 1. The first-order chi connectivity index (χ1) is 14.4. The van der Waals surface area contributed by atoms with Crippen molar-refractivity contribution >= 4 is 5.91 Å². The molecule has 0 bridgehead atoms. The van der Waals surface area contributed by atoms with Crippen molar-refractivity contribution in [3.8, 4) is 11.5 Å². The zero-order valence-electron chi connectivity index (χ0n) is 18.6. The van der Waals surface area contributed by atoms with Crippen LogP contribution < -0.4 is 14.8 Å². The van der Waals surface area contributed by atoms with E-state index in [1.54, 1.807) is 0 Å². The number of hydrogen-bond acceptors (Lipinski definition) is 4. The summed E-state index contributed by atoms with van der Waals surface area (Å²) in [6.07, 6.45) is 0.881. The fourth-order valence-electron chi connectivity index (χ4n) is 3.73. The quantitative estimate of drug-likeness (QED) is 0.704. The lowest BCUT2D eigenvalue weighted by molar-refractivity contribution is -0.134. The van der Waals surface area contributed by atoms with Crippen LogP contribution in [0.1, 0.15) is 43.9 Å². The van der Waals surface area contributed by atoms with Gasteiger partial charge in [0.25, 0.3) is 0 Å². The van der Waals surface area contributed by atoms with Gasteiger partial charge < -0.3 is 19.7 Å². The van der Waals surface area contributed by atoms with E-state index in [1.165, 1.54) is 5.56 Å². The van der Waals surface area contributed by atoms with Crippen molar-refractivity contribution in [2.45, 2.75) is 53.2 Å². The minimum Gasteiger partial charge on any atom is -0.490 e. The third kappa shape index (κ3) is 5.99. The molecule has 0 spiro atoms. The van der Waals surface area contributed by atoms with E-state index in [1.807, 2.05) is 43.0 Å². The number of benzene rings is 2. The minimum atomic E-state index is -0.259. The number of carbonyl (C=O) groups excluding carboxylic acids is 1. The predicted molar refractivity (Wildman–Crippen MR) is 120 cm³/mol. The summed E-state index contributed by atoms with van der Waals surface area (Å²) in [5.74, 6) is 2.12. The largest absolute Gasteiger partial charge is 0.490 e. The highest BCUT2D eigenvalue weighted by molar-refractivity contribution is 5.81. The van der Waals surface area contributed by atoms with Crippen LogP contribution in [0.15, 0.2) is 42.5 Å². The first-order valence-electron chi connectivity index (χ1n) is 10.9. The van der Waals surface area contributed by atoms with Crippen LogP contribution in [0.3, 0.4) is 0 Å². The molecule has 1 heterocycles. The zero-order valence-corrected chi connectivity index (χ0v) is 18.6. The summed E-state index contributed by atoms with van der Waals surface area (Å²) in [7, 11) is 0. The second-order valence-electron chi connectivity index (χ2n) is 8.49.